The Morgan fingerprint density at radius 1 is 1.19 bits per heavy atom. The van der Waals surface area contributed by atoms with E-state index in [9.17, 15) is 0 Å². The minimum atomic E-state index is 0.500. The molecule has 0 spiro atoms. The van der Waals surface area contributed by atoms with Crippen LogP contribution in [0.25, 0.3) is 0 Å². The van der Waals surface area contributed by atoms with Crippen molar-refractivity contribution >= 4 is 59.1 Å². The lowest BCUT2D eigenvalue weighted by molar-refractivity contribution is 0.438. The Bertz CT molecular complexity index is 297. The Balaban J connectivity index is 2.76. The molecule has 0 fully saturated rings. The van der Waals surface area contributed by atoms with Gasteiger partial charge < -0.3 is 0 Å². The lowest BCUT2D eigenvalue weighted by atomic mass is 9.94. The van der Waals surface area contributed by atoms with E-state index in [-0.39, 0.29) is 0 Å². The van der Waals surface area contributed by atoms with Gasteiger partial charge in [-0.2, -0.15) is 0 Å². The quantitative estimate of drug-likeness (QED) is 0.427. The summed E-state index contributed by atoms with van der Waals surface area (Å²) < 4.78 is 2.36. The Labute approximate surface area is 128 Å². The van der Waals surface area contributed by atoms with Crippen molar-refractivity contribution in [1.29, 1.82) is 0 Å². The first-order valence-corrected chi connectivity index (χ1v) is 9.00. The molecule has 1 aromatic rings. The molecular weight excluding hydrogens is 416 g/mol. The van der Waals surface area contributed by atoms with Crippen LogP contribution in [-0.4, -0.2) is 0 Å². The number of thiophene rings is 1. The van der Waals surface area contributed by atoms with Gasteiger partial charge in [-0.3, -0.25) is 0 Å². The van der Waals surface area contributed by atoms with E-state index >= 15 is 0 Å². The van der Waals surface area contributed by atoms with Gasteiger partial charge in [-0.25, -0.2) is 0 Å². The summed E-state index contributed by atoms with van der Waals surface area (Å²) in [6, 6.07) is 2.23. The molecule has 1 heterocycles. The molecule has 0 saturated heterocycles. The number of hydrogen-bond acceptors (Lipinski definition) is 1. The van der Waals surface area contributed by atoms with Crippen molar-refractivity contribution in [2.45, 2.75) is 44.4 Å². The minimum Gasteiger partial charge on any atom is -0.131 e. The molecule has 4 heteroatoms. The number of alkyl halides is 1. The maximum atomic E-state index is 3.87. The molecular formula is C12H17Br3S. The molecule has 0 aliphatic heterocycles. The predicted octanol–water partition coefficient (Wildman–Crippen LogP) is 6.93. The number of rotatable bonds is 6. The van der Waals surface area contributed by atoms with Crippen LogP contribution < -0.4 is 0 Å². The van der Waals surface area contributed by atoms with Crippen LogP contribution in [0.15, 0.2) is 14.3 Å². The molecule has 0 radical (unpaired) electrons. The van der Waals surface area contributed by atoms with E-state index < -0.39 is 0 Å². The van der Waals surface area contributed by atoms with Crippen molar-refractivity contribution in [3.8, 4) is 0 Å². The van der Waals surface area contributed by atoms with E-state index in [1.807, 2.05) is 11.3 Å². The molecule has 0 N–H and O–H groups in total. The molecule has 1 rings (SSSR count). The van der Waals surface area contributed by atoms with Gasteiger partial charge in [-0.15, -0.1) is 11.3 Å². The zero-order valence-corrected chi connectivity index (χ0v) is 15.2. The summed E-state index contributed by atoms with van der Waals surface area (Å²) in [7, 11) is 0. The summed E-state index contributed by atoms with van der Waals surface area (Å²) in [6.07, 6.45) is 5.13. The van der Waals surface area contributed by atoms with Crippen molar-refractivity contribution < 1.29 is 0 Å². The Hall–Kier alpha value is 1.14. The van der Waals surface area contributed by atoms with Crippen molar-refractivity contribution in [2.75, 3.05) is 0 Å². The largest absolute Gasteiger partial charge is 0.131 e. The van der Waals surface area contributed by atoms with E-state index in [4.69, 9.17) is 0 Å². The van der Waals surface area contributed by atoms with Crippen LogP contribution in [0.4, 0.5) is 0 Å². The second kappa shape index (κ2) is 7.55. The third-order valence-corrected chi connectivity index (χ3v) is 7.55. The summed E-state index contributed by atoms with van der Waals surface area (Å²) >= 11 is 12.8. The lowest BCUT2D eigenvalue weighted by Crippen LogP contribution is -2.06. The van der Waals surface area contributed by atoms with Crippen LogP contribution >= 0.6 is 59.1 Å². The van der Waals surface area contributed by atoms with Gasteiger partial charge in [0.1, 0.15) is 0 Å². The minimum absolute atomic E-state index is 0.500. The number of halogens is 3. The molecule has 0 bridgehead atoms. The summed E-state index contributed by atoms with van der Waals surface area (Å²) in [5.41, 5.74) is 0. The predicted molar refractivity (Wildman–Crippen MR) is 84.7 cm³/mol. The maximum Gasteiger partial charge on any atom is 0.0843 e. The molecule has 0 saturated carbocycles. The average Bonchev–Trinajstić information content (AvgIpc) is 2.58. The summed E-state index contributed by atoms with van der Waals surface area (Å²) in [6.45, 7) is 4.53. The first-order valence-electron chi connectivity index (χ1n) is 5.68. The molecule has 0 aromatic carbocycles. The van der Waals surface area contributed by atoms with Crippen LogP contribution in [0.5, 0.6) is 0 Å². The van der Waals surface area contributed by atoms with Gasteiger partial charge in [0, 0.05) is 9.35 Å². The van der Waals surface area contributed by atoms with E-state index in [2.05, 4.69) is 67.7 Å². The summed E-state index contributed by atoms with van der Waals surface area (Å²) in [5, 5.41) is 0. The molecule has 1 aromatic heterocycles. The Morgan fingerprint density at radius 2 is 1.75 bits per heavy atom. The van der Waals surface area contributed by atoms with Gasteiger partial charge in [-0.05, 0) is 56.7 Å². The molecule has 0 aliphatic carbocycles. The van der Waals surface area contributed by atoms with Crippen LogP contribution in [-0.2, 0) is 0 Å². The second-order valence-electron chi connectivity index (χ2n) is 4.01. The van der Waals surface area contributed by atoms with E-state index in [0.717, 1.165) is 5.92 Å². The topological polar surface area (TPSA) is 0 Å². The van der Waals surface area contributed by atoms with E-state index in [1.54, 1.807) is 0 Å². The fourth-order valence-corrected chi connectivity index (χ4v) is 5.01. The molecule has 0 amide bonds. The average molecular weight is 433 g/mol. The molecule has 92 valence electrons. The van der Waals surface area contributed by atoms with Crippen LogP contribution in [0.2, 0.25) is 0 Å². The Kier molecular flexibility index (Phi) is 7.17. The van der Waals surface area contributed by atoms with Crippen molar-refractivity contribution in [3.05, 3.63) is 19.2 Å². The van der Waals surface area contributed by atoms with Crippen LogP contribution in [0.3, 0.4) is 0 Å². The highest BCUT2D eigenvalue weighted by Crippen LogP contribution is 2.43. The highest BCUT2D eigenvalue weighted by Gasteiger charge is 2.21. The van der Waals surface area contributed by atoms with Gasteiger partial charge in [0.15, 0.2) is 0 Å². The van der Waals surface area contributed by atoms with Crippen molar-refractivity contribution in [3.63, 3.8) is 0 Å². The van der Waals surface area contributed by atoms with Gasteiger partial charge in [0.2, 0.25) is 0 Å². The summed E-state index contributed by atoms with van der Waals surface area (Å²) in [4.78, 5) is 1.92. The van der Waals surface area contributed by atoms with E-state index in [1.165, 1.54) is 38.8 Å². The zero-order chi connectivity index (χ0) is 12.1. The van der Waals surface area contributed by atoms with Gasteiger partial charge in [-0.1, -0.05) is 42.6 Å². The zero-order valence-electron chi connectivity index (χ0n) is 9.60. The maximum absolute atomic E-state index is 3.87. The van der Waals surface area contributed by atoms with Gasteiger partial charge >= 0.3 is 0 Å². The lowest BCUT2D eigenvalue weighted by Gasteiger charge is -2.20. The normalized spacial score (nSPS) is 13.4. The van der Waals surface area contributed by atoms with Crippen molar-refractivity contribution in [1.82, 2.24) is 0 Å². The molecule has 0 aliphatic rings. The third kappa shape index (κ3) is 4.11. The fourth-order valence-electron chi connectivity index (χ4n) is 1.91. The highest BCUT2D eigenvalue weighted by molar-refractivity contribution is 9.13. The molecule has 16 heavy (non-hydrogen) atoms. The third-order valence-electron chi connectivity index (χ3n) is 2.67. The van der Waals surface area contributed by atoms with Crippen LogP contribution in [0.1, 0.15) is 49.2 Å². The van der Waals surface area contributed by atoms with Gasteiger partial charge in [0.25, 0.3) is 0 Å². The van der Waals surface area contributed by atoms with Gasteiger partial charge in [0.05, 0.1) is 8.61 Å². The molecule has 1 unspecified atom stereocenters. The first kappa shape index (κ1) is 15.2. The first-order chi connectivity index (χ1) is 7.60. The monoisotopic (exact) mass is 430 g/mol. The van der Waals surface area contributed by atoms with E-state index in [0.29, 0.717) is 4.83 Å². The molecule has 0 nitrogen and oxygen atoms in total. The van der Waals surface area contributed by atoms with Crippen molar-refractivity contribution in [2.24, 2.45) is 5.92 Å². The Morgan fingerprint density at radius 3 is 2.12 bits per heavy atom. The standard InChI is InChI=1S/C12H17Br3S/c1-3-5-8(6-4-2)11(14)10-7-9(13)12(15)16-10/h7-8,11H,3-6H2,1-2H3. The molecule has 1 atom stereocenters. The smallest absolute Gasteiger partial charge is 0.0843 e. The number of hydrogen-bond donors (Lipinski definition) is 0. The SMILES string of the molecule is CCCC(CCC)C(Br)c1cc(Br)c(Br)s1. The second-order valence-corrected chi connectivity index (χ2v) is 8.25. The van der Waals surface area contributed by atoms with Crippen LogP contribution in [0, 0.1) is 5.92 Å². The summed E-state index contributed by atoms with van der Waals surface area (Å²) in [5.74, 6) is 0.757. The highest BCUT2D eigenvalue weighted by atomic mass is 79.9. The fraction of sp³-hybridized carbons (Fsp3) is 0.667.